The molecule has 1 saturated carbocycles. The molecule has 168 valence electrons. The minimum atomic E-state index is -4.06. The van der Waals surface area contributed by atoms with Crippen LogP contribution in [0.25, 0.3) is 11.0 Å². The van der Waals surface area contributed by atoms with E-state index < -0.39 is 10.1 Å². The van der Waals surface area contributed by atoms with Crippen molar-refractivity contribution >= 4 is 44.7 Å². The molecule has 0 aliphatic heterocycles. The zero-order valence-electron chi connectivity index (χ0n) is 17.3. The average molecular weight is 458 g/mol. The maximum absolute atomic E-state index is 12.6. The first-order valence-corrected chi connectivity index (χ1v) is 11.4. The van der Waals surface area contributed by atoms with Crippen molar-refractivity contribution < 1.29 is 26.9 Å². The van der Waals surface area contributed by atoms with Crippen molar-refractivity contribution in [3.63, 3.8) is 0 Å². The standard InChI is InChI=1S/C21H22N4O6S/c1-30-19(26)10-11-22-14-4-7-16(8-5-14)32(28,29)31-15-6-9-17-18(12-15)24-21(23-17)25-20(27)13-2-3-13/h4-9,12-13,22H,2-3,10-11H2,1H3,(H2,23,24,25,27). The predicted molar refractivity (Wildman–Crippen MR) is 117 cm³/mol. The predicted octanol–water partition coefficient (Wildman–Crippen LogP) is 2.65. The fourth-order valence-electron chi connectivity index (χ4n) is 2.99. The average Bonchev–Trinajstić information content (AvgIpc) is 3.54. The molecule has 1 aliphatic rings. The van der Waals surface area contributed by atoms with Gasteiger partial charge in [-0.05, 0) is 49.2 Å². The fraction of sp³-hybridized carbons (Fsp3) is 0.286. The Morgan fingerprint density at radius 3 is 2.59 bits per heavy atom. The molecule has 0 saturated heterocycles. The third kappa shape index (κ3) is 5.17. The van der Waals surface area contributed by atoms with Gasteiger partial charge in [-0.25, -0.2) is 4.98 Å². The van der Waals surface area contributed by atoms with E-state index in [9.17, 15) is 18.0 Å². The van der Waals surface area contributed by atoms with E-state index in [1.54, 1.807) is 18.2 Å². The van der Waals surface area contributed by atoms with Crippen molar-refractivity contribution in [2.75, 3.05) is 24.3 Å². The van der Waals surface area contributed by atoms with E-state index in [4.69, 9.17) is 4.18 Å². The highest BCUT2D eigenvalue weighted by Crippen LogP contribution is 2.30. The summed E-state index contributed by atoms with van der Waals surface area (Å²) in [6, 6.07) is 10.6. The van der Waals surface area contributed by atoms with Gasteiger partial charge >= 0.3 is 16.1 Å². The van der Waals surface area contributed by atoms with Crippen LogP contribution < -0.4 is 14.8 Å². The summed E-state index contributed by atoms with van der Waals surface area (Å²) in [4.78, 5) is 30.3. The molecular formula is C21H22N4O6S. The summed E-state index contributed by atoms with van der Waals surface area (Å²) in [7, 11) is -2.74. The summed E-state index contributed by atoms with van der Waals surface area (Å²) in [6.45, 7) is 0.363. The Morgan fingerprint density at radius 1 is 1.16 bits per heavy atom. The van der Waals surface area contributed by atoms with E-state index in [0.717, 1.165) is 12.8 Å². The lowest BCUT2D eigenvalue weighted by atomic mass is 10.3. The molecule has 2 aromatic carbocycles. The number of hydrogen-bond acceptors (Lipinski definition) is 8. The van der Waals surface area contributed by atoms with E-state index in [0.29, 0.717) is 29.2 Å². The van der Waals surface area contributed by atoms with Crippen LogP contribution >= 0.6 is 0 Å². The van der Waals surface area contributed by atoms with Crippen LogP contribution in [0, 0.1) is 5.92 Å². The number of hydrogen-bond donors (Lipinski definition) is 3. The molecule has 1 fully saturated rings. The third-order valence-corrected chi connectivity index (χ3v) is 6.14. The highest BCUT2D eigenvalue weighted by Gasteiger charge is 2.30. The largest absolute Gasteiger partial charge is 0.469 e. The fourth-order valence-corrected chi connectivity index (χ4v) is 3.91. The number of fused-ring (bicyclic) bond motifs is 1. The van der Waals surface area contributed by atoms with Gasteiger partial charge in [0, 0.05) is 24.2 Å². The zero-order chi connectivity index (χ0) is 22.7. The van der Waals surface area contributed by atoms with Gasteiger partial charge in [0.25, 0.3) is 0 Å². The summed E-state index contributed by atoms with van der Waals surface area (Å²) in [5.41, 5.74) is 1.77. The molecule has 1 heterocycles. The molecule has 0 atom stereocenters. The Bertz CT molecular complexity index is 1250. The van der Waals surface area contributed by atoms with Crippen LogP contribution in [0.15, 0.2) is 47.4 Å². The van der Waals surface area contributed by atoms with E-state index in [2.05, 4.69) is 25.3 Å². The second kappa shape index (κ2) is 8.87. The van der Waals surface area contributed by atoms with Gasteiger partial charge in [0.1, 0.15) is 10.6 Å². The topological polar surface area (TPSA) is 139 Å². The number of amides is 1. The Kier molecular flexibility index (Phi) is 5.99. The van der Waals surface area contributed by atoms with Gasteiger partial charge in [0.15, 0.2) is 0 Å². The lowest BCUT2D eigenvalue weighted by molar-refractivity contribution is -0.140. The van der Waals surface area contributed by atoms with Gasteiger partial charge in [-0.1, -0.05) is 0 Å². The maximum atomic E-state index is 12.6. The van der Waals surface area contributed by atoms with Gasteiger partial charge < -0.3 is 19.2 Å². The number of carbonyl (C=O) groups is 2. The molecule has 32 heavy (non-hydrogen) atoms. The molecule has 0 radical (unpaired) electrons. The smallest absolute Gasteiger partial charge is 0.339 e. The van der Waals surface area contributed by atoms with Gasteiger partial charge in [0.05, 0.1) is 24.6 Å². The number of nitrogens with one attached hydrogen (secondary N) is 3. The molecular weight excluding hydrogens is 436 g/mol. The molecule has 0 bridgehead atoms. The van der Waals surface area contributed by atoms with Crippen molar-refractivity contribution in [1.82, 2.24) is 9.97 Å². The Hall–Kier alpha value is -3.60. The first-order valence-electron chi connectivity index (χ1n) is 10.00. The van der Waals surface area contributed by atoms with Crippen molar-refractivity contribution in [3.05, 3.63) is 42.5 Å². The third-order valence-electron chi connectivity index (χ3n) is 4.88. The quantitative estimate of drug-likeness (QED) is 0.328. The molecule has 4 rings (SSSR count). The highest BCUT2D eigenvalue weighted by molar-refractivity contribution is 7.87. The second-order valence-corrected chi connectivity index (χ2v) is 8.89. The van der Waals surface area contributed by atoms with Crippen molar-refractivity contribution in [3.8, 4) is 5.75 Å². The van der Waals surface area contributed by atoms with E-state index in [1.165, 1.54) is 31.4 Å². The number of ether oxygens (including phenoxy) is 1. The zero-order valence-corrected chi connectivity index (χ0v) is 18.1. The van der Waals surface area contributed by atoms with Crippen molar-refractivity contribution in [1.29, 1.82) is 0 Å². The lowest BCUT2D eigenvalue weighted by Gasteiger charge is -2.09. The highest BCUT2D eigenvalue weighted by atomic mass is 32.2. The van der Waals surface area contributed by atoms with Gasteiger partial charge in [0.2, 0.25) is 11.9 Å². The SMILES string of the molecule is COC(=O)CCNc1ccc(S(=O)(=O)Oc2ccc3[nH]c(NC(=O)C4CC4)nc3c2)cc1. The first-order chi connectivity index (χ1) is 15.3. The number of rotatable bonds is 9. The Morgan fingerprint density at radius 2 is 1.91 bits per heavy atom. The van der Waals surface area contributed by atoms with Gasteiger partial charge in [-0.2, -0.15) is 8.42 Å². The number of anilines is 2. The first kappa shape index (κ1) is 21.6. The molecule has 10 nitrogen and oxygen atoms in total. The normalized spacial score (nSPS) is 13.5. The Balaban J connectivity index is 1.41. The summed E-state index contributed by atoms with van der Waals surface area (Å²) < 4.78 is 35.1. The number of esters is 1. The molecule has 3 N–H and O–H groups in total. The van der Waals surface area contributed by atoms with E-state index in [-0.39, 0.29) is 34.9 Å². The molecule has 3 aromatic rings. The van der Waals surface area contributed by atoms with Crippen LogP contribution in [0.2, 0.25) is 0 Å². The van der Waals surface area contributed by atoms with Crippen molar-refractivity contribution in [2.45, 2.75) is 24.2 Å². The number of imidazole rings is 1. The van der Waals surface area contributed by atoms with Crippen molar-refractivity contribution in [2.24, 2.45) is 5.92 Å². The van der Waals surface area contributed by atoms with Crippen LogP contribution in [0.1, 0.15) is 19.3 Å². The van der Waals surface area contributed by atoms with Crippen LogP contribution in [0.3, 0.4) is 0 Å². The molecule has 1 aliphatic carbocycles. The summed E-state index contributed by atoms with van der Waals surface area (Å²) >= 11 is 0. The minimum absolute atomic E-state index is 0.0180. The molecule has 1 amide bonds. The van der Waals surface area contributed by atoms with E-state index >= 15 is 0 Å². The number of methoxy groups -OCH3 is 1. The van der Waals surface area contributed by atoms with Gasteiger partial charge in [-0.3, -0.25) is 14.9 Å². The monoisotopic (exact) mass is 458 g/mol. The number of benzene rings is 2. The summed E-state index contributed by atoms with van der Waals surface area (Å²) in [5, 5.41) is 5.73. The molecule has 0 unspecified atom stereocenters. The number of nitrogens with zero attached hydrogens (tertiary/aromatic N) is 1. The van der Waals surface area contributed by atoms with E-state index in [1.807, 2.05) is 0 Å². The van der Waals surface area contributed by atoms with Crippen LogP contribution in [-0.4, -0.2) is 43.9 Å². The summed E-state index contributed by atoms with van der Waals surface area (Å²) in [6.07, 6.45) is 1.96. The number of H-pyrrole nitrogens is 1. The maximum Gasteiger partial charge on any atom is 0.339 e. The van der Waals surface area contributed by atoms with Crippen LogP contribution in [0.5, 0.6) is 5.75 Å². The lowest BCUT2D eigenvalue weighted by Crippen LogP contribution is -2.14. The Labute approximate surface area is 184 Å². The number of carbonyl (C=O) groups excluding carboxylic acids is 2. The van der Waals surface area contributed by atoms with Crippen LogP contribution in [0.4, 0.5) is 11.6 Å². The molecule has 0 spiro atoms. The van der Waals surface area contributed by atoms with Gasteiger partial charge in [-0.15, -0.1) is 0 Å². The molecule has 11 heteroatoms. The second-order valence-electron chi connectivity index (χ2n) is 7.34. The molecule has 1 aromatic heterocycles. The summed E-state index contributed by atoms with van der Waals surface area (Å²) in [5.74, 6) is 0.0426. The number of aromatic nitrogens is 2. The minimum Gasteiger partial charge on any atom is -0.469 e. The number of aromatic amines is 1. The van der Waals surface area contributed by atoms with Crippen LogP contribution in [-0.2, 0) is 24.4 Å².